The first kappa shape index (κ1) is 11.2. The molecule has 3 heterocycles. The molecule has 5 heteroatoms. The van der Waals surface area contributed by atoms with Gasteiger partial charge in [-0.15, -0.1) is 5.10 Å². The van der Waals surface area contributed by atoms with E-state index in [0.29, 0.717) is 11.8 Å². The lowest BCUT2D eigenvalue weighted by Gasteiger charge is -2.20. The average molecular weight is 236 g/mol. The van der Waals surface area contributed by atoms with Gasteiger partial charge >= 0.3 is 0 Å². The van der Waals surface area contributed by atoms with Gasteiger partial charge in [0, 0.05) is 31.2 Å². The summed E-state index contributed by atoms with van der Waals surface area (Å²) >= 11 is 0. The van der Waals surface area contributed by atoms with Crippen molar-refractivity contribution in [2.45, 2.75) is 31.7 Å². The Bertz CT molecular complexity index is 353. The number of aromatic nitrogens is 3. The van der Waals surface area contributed by atoms with E-state index in [1.165, 1.54) is 18.5 Å². The number of ether oxygens (including phenoxy) is 1. The summed E-state index contributed by atoms with van der Waals surface area (Å²) in [5, 5.41) is 12.0. The third-order valence-electron chi connectivity index (χ3n) is 3.78. The zero-order valence-electron chi connectivity index (χ0n) is 10.1. The molecule has 0 radical (unpaired) electrons. The van der Waals surface area contributed by atoms with Crippen LogP contribution in [0.3, 0.4) is 0 Å². The smallest absolute Gasteiger partial charge is 0.0858 e. The van der Waals surface area contributed by atoms with E-state index in [2.05, 4.69) is 21.8 Å². The van der Waals surface area contributed by atoms with Gasteiger partial charge in [0.2, 0.25) is 0 Å². The molecule has 2 aliphatic rings. The highest BCUT2D eigenvalue weighted by Crippen LogP contribution is 2.23. The number of nitrogens with zero attached hydrogens (tertiary/aromatic N) is 3. The fourth-order valence-electron chi connectivity index (χ4n) is 2.70. The predicted octanol–water partition coefficient (Wildman–Crippen LogP) is 0.782. The van der Waals surface area contributed by atoms with Gasteiger partial charge in [-0.1, -0.05) is 5.21 Å². The largest absolute Gasteiger partial charge is 0.381 e. The minimum atomic E-state index is 0.602. The third kappa shape index (κ3) is 2.66. The summed E-state index contributed by atoms with van der Waals surface area (Å²) in [6, 6.07) is 0. The van der Waals surface area contributed by atoms with Crippen LogP contribution in [0.25, 0.3) is 0 Å². The number of hydrogen-bond donors (Lipinski definition) is 1. The first-order chi connectivity index (χ1) is 8.42. The second kappa shape index (κ2) is 5.14. The minimum Gasteiger partial charge on any atom is -0.381 e. The Morgan fingerprint density at radius 3 is 3.00 bits per heavy atom. The van der Waals surface area contributed by atoms with Crippen molar-refractivity contribution in [1.82, 2.24) is 20.3 Å². The fraction of sp³-hybridized carbons (Fsp3) is 0.833. The third-order valence-corrected chi connectivity index (χ3v) is 3.78. The van der Waals surface area contributed by atoms with Crippen molar-refractivity contribution in [3.05, 3.63) is 11.9 Å². The summed E-state index contributed by atoms with van der Waals surface area (Å²) < 4.78 is 7.38. The molecule has 0 saturated carbocycles. The van der Waals surface area contributed by atoms with Gasteiger partial charge in [-0.3, -0.25) is 4.68 Å². The van der Waals surface area contributed by atoms with Crippen molar-refractivity contribution in [1.29, 1.82) is 0 Å². The highest BCUT2D eigenvalue weighted by Gasteiger charge is 2.20. The van der Waals surface area contributed by atoms with Gasteiger partial charge in [-0.25, -0.2) is 0 Å². The Morgan fingerprint density at radius 1 is 1.35 bits per heavy atom. The van der Waals surface area contributed by atoms with Crippen LogP contribution in [0.2, 0.25) is 0 Å². The van der Waals surface area contributed by atoms with Crippen LogP contribution >= 0.6 is 0 Å². The van der Waals surface area contributed by atoms with Gasteiger partial charge in [0.25, 0.3) is 0 Å². The van der Waals surface area contributed by atoms with Crippen molar-refractivity contribution >= 4 is 0 Å². The van der Waals surface area contributed by atoms with Crippen LogP contribution in [0.1, 0.15) is 30.9 Å². The normalized spacial score (nSPS) is 26.5. The van der Waals surface area contributed by atoms with Gasteiger partial charge in [-0.2, -0.15) is 0 Å². The van der Waals surface area contributed by atoms with Crippen LogP contribution in [-0.4, -0.2) is 41.3 Å². The van der Waals surface area contributed by atoms with E-state index in [1.54, 1.807) is 0 Å². The average Bonchev–Trinajstić information content (AvgIpc) is 3.02. The number of piperidine rings is 1. The molecular formula is C12H20N4O. The molecule has 0 bridgehead atoms. The molecule has 0 amide bonds. The van der Waals surface area contributed by atoms with E-state index < -0.39 is 0 Å². The van der Waals surface area contributed by atoms with Crippen LogP contribution in [0.4, 0.5) is 0 Å². The molecule has 0 aliphatic carbocycles. The van der Waals surface area contributed by atoms with Crippen LogP contribution in [0.5, 0.6) is 0 Å². The molecule has 1 atom stereocenters. The molecule has 2 saturated heterocycles. The van der Waals surface area contributed by atoms with Crippen LogP contribution < -0.4 is 5.32 Å². The van der Waals surface area contributed by atoms with Crippen molar-refractivity contribution < 1.29 is 4.74 Å². The summed E-state index contributed by atoms with van der Waals surface area (Å²) in [5.74, 6) is 1.22. The Hall–Kier alpha value is -0.940. The van der Waals surface area contributed by atoms with Gasteiger partial charge in [-0.05, 0) is 32.4 Å². The summed E-state index contributed by atoms with van der Waals surface area (Å²) in [6.45, 7) is 4.95. The second-order valence-corrected chi connectivity index (χ2v) is 5.12. The van der Waals surface area contributed by atoms with Crippen LogP contribution in [0.15, 0.2) is 6.20 Å². The van der Waals surface area contributed by atoms with Crippen molar-refractivity contribution in [3.8, 4) is 0 Å². The maximum Gasteiger partial charge on any atom is 0.0858 e. The lowest BCUT2D eigenvalue weighted by atomic mass is 9.95. The standard InChI is InChI=1S/C12H20N4O/c1-4-13-5-2-11(1)12-8-16(15-14-12)7-10-3-6-17-9-10/h8,10-11,13H,1-7,9H2. The highest BCUT2D eigenvalue weighted by molar-refractivity contribution is 5.03. The van der Waals surface area contributed by atoms with E-state index in [1.807, 2.05) is 4.68 Å². The maximum absolute atomic E-state index is 5.38. The van der Waals surface area contributed by atoms with E-state index in [-0.39, 0.29) is 0 Å². The summed E-state index contributed by atoms with van der Waals surface area (Å²) in [6.07, 6.45) is 5.66. The van der Waals surface area contributed by atoms with Gasteiger partial charge in [0.15, 0.2) is 0 Å². The Morgan fingerprint density at radius 2 is 2.24 bits per heavy atom. The van der Waals surface area contributed by atoms with Crippen molar-refractivity contribution in [2.75, 3.05) is 26.3 Å². The van der Waals surface area contributed by atoms with Crippen molar-refractivity contribution in [3.63, 3.8) is 0 Å². The molecule has 0 spiro atoms. The van der Waals surface area contributed by atoms with Gasteiger partial charge < -0.3 is 10.1 Å². The topological polar surface area (TPSA) is 52.0 Å². The first-order valence-corrected chi connectivity index (χ1v) is 6.60. The molecule has 1 N–H and O–H groups in total. The monoisotopic (exact) mass is 236 g/mol. The van der Waals surface area contributed by atoms with E-state index in [4.69, 9.17) is 4.74 Å². The van der Waals surface area contributed by atoms with Gasteiger partial charge in [0.05, 0.1) is 12.3 Å². The summed E-state index contributed by atoms with van der Waals surface area (Å²) in [4.78, 5) is 0. The summed E-state index contributed by atoms with van der Waals surface area (Å²) in [7, 11) is 0. The number of hydrogen-bond acceptors (Lipinski definition) is 4. The molecule has 0 aromatic carbocycles. The Labute approximate surface area is 102 Å². The Balaban J connectivity index is 1.60. The van der Waals surface area contributed by atoms with E-state index in [0.717, 1.165) is 39.3 Å². The highest BCUT2D eigenvalue weighted by atomic mass is 16.5. The molecular weight excluding hydrogens is 216 g/mol. The zero-order valence-corrected chi connectivity index (χ0v) is 10.1. The molecule has 17 heavy (non-hydrogen) atoms. The molecule has 94 valence electrons. The summed E-state index contributed by atoms with van der Waals surface area (Å²) in [5.41, 5.74) is 1.17. The lowest BCUT2D eigenvalue weighted by Crippen LogP contribution is -2.26. The van der Waals surface area contributed by atoms with E-state index in [9.17, 15) is 0 Å². The molecule has 2 fully saturated rings. The Kier molecular flexibility index (Phi) is 3.38. The molecule has 5 nitrogen and oxygen atoms in total. The molecule has 1 unspecified atom stereocenters. The molecule has 2 aliphatic heterocycles. The minimum absolute atomic E-state index is 0.602. The number of nitrogens with one attached hydrogen (secondary N) is 1. The predicted molar refractivity (Wildman–Crippen MR) is 63.8 cm³/mol. The zero-order chi connectivity index (χ0) is 11.5. The SMILES string of the molecule is c1c(C2CCNCC2)nnn1CC1CCOC1. The van der Waals surface area contributed by atoms with Gasteiger partial charge in [0.1, 0.15) is 0 Å². The quantitative estimate of drug-likeness (QED) is 0.842. The maximum atomic E-state index is 5.38. The van der Waals surface area contributed by atoms with Crippen LogP contribution in [-0.2, 0) is 11.3 Å². The lowest BCUT2D eigenvalue weighted by molar-refractivity contribution is 0.181. The van der Waals surface area contributed by atoms with Crippen LogP contribution in [0, 0.1) is 5.92 Å². The molecule has 3 rings (SSSR count). The molecule has 1 aromatic heterocycles. The molecule has 1 aromatic rings. The second-order valence-electron chi connectivity index (χ2n) is 5.12. The fourth-order valence-corrected chi connectivity index (χ4v) is 2.70. The first-order valence-electron chi connectivity index (χ1n) is 6.60. The van der Waals surface area contributed by atoms with E-state index >= 15 is 0 Å². The number of rotatable bonds is 3. The van der Waals surface area contributed by atoms with Crippen molar-refractivity contribution in [2.24, 2.45) is 5.92 Å².